The highest BCUT2D eigenvalue weighted by Crippen LogP contribution is 2.07. The molecule has 0 saturated heterocycles. The normalized spacial score (nSPS) is 17.7. The van der Waals surface area contributed by atoms with Crippen molar-refractivity contribution in [1.29, 1.82) is 0 Å². The van der Waals surface area contributed by atoms with Crippen molar-refractivity contribution in [3.05, 3.63) is 12.3 Å². The topological polar surface area (TPSA) is 203 Å². The second-order valence-electron chi connectivity index (χ2n) is 6.92. The first-order chi connectivity index (χ1) is 13.6. The van der Waals surface area contributed by atoms with Crippen LogP contribution in [0.1, 0.15) is 32.1 Å². The number of amides is 1. The SMILES string of the molecule is C=C(CCCC(=O)NCC(O)C(O)C(O)CCO)NCC(O)C(O)C(O)CCO. The largest absolute Gasteiger partial charge is 0.396 e. The lowest BCUT2D eigenvalue weighted by Crippen LogP contribution is -2.44. The summed E-state index contributed by atoms with van der Waals surface area (Å²) in [6.07, 6.45) is -7.28. The lowest BCUT2D eigenvalue weighted by Gasteiger charge is -2.23. The van der Waals surface area contributed by atoms with E-state index in [0.29, 0.717) is 18.5 Å². The lowest BCUT2D eigenvalue weighted by atomic mass is 10.1. The highest BCUT2D eigenvalue weighted by molar-refractivity contribution is 5.75. The maximum absolute atomic E-state index is 11.8. The van der Waals surface area contributed by atoms with Crippen LogP contribution in [-0.4, -0.2) is 110 Å². The van der Waals surface area contributed by atoms with Gasteiger partial charge < -0.3 is 51.5 Å². The number of nitrogens with one attached hydrogen (secondary N) is 2. The molecule has 11 nitrogen and oxygen atoms in total. The standard InChI is InChI=1S/C18H36N2O9/c1-11(19-9-14(25)17(28)12(23)5-7-21)3-2-4-16(27)20-10-15(26)18(29)13(24)6-8-22/h12-15,17-19,21-26,28-29H,1-10H2,(H,20,27). The van der Waals surface area contributed by atoms with E-state index in [4.69, 9.17) is 10.2 Å². The predicted octanol–water partition coefficient (Wildman–Crippen LogP) is -3.69. The molecular weight excluding hydrogens is 388 g/mol. The fourth-order valence-corrected chi connectivity index (χ4v) is 2.47. The smallest absolute Gasteiger partial charge is 0.220 e. The van der Waals surface area contributed by atoms with Gasteiger partial charge in [-0.1, -0.05) is 6.58 Å². The van der Waals surface area contributed by atoms with E-state index in [1.54, 1.807) is 0 Å². The maximum atomic E-state index is 11.8. The van der Waals surface area contributed by atoms with E-state index >= 15 is 0 Å². The third-order valence-electron chi connectivity index (χ3n) is 4.38. The summed E-state index contributed by atoms with van der Waals surface area (Å²) < 4.78 is 0. The second kappa shape index (κ2) is 15.5. The molecule has 0 bridgehead atoms. The third-order valence-corrected chi connectivity index (χ3v) is 4.38. The van der Waals surface area contributed by atoms with Gasteiger partial charge in [-0.05, 0) is 25.7 Å². The molecule has 0 spiro atoms. The molecule has 10 N–H and O–H groups in total. The number of aliphatic hydroxyl groups is 8. The second-order valence-corrected chi connectivity index (χ2v) is 6.92. The Hall–Kier alpha value is -1.31. The predicted molar refractivity (Wildman–Crippen MR) is 103 cm³/mol. The van der Waals surface area contributed by atoms with E-state index in [0.717, 1.165) is 0 Å². The fraction of sp³-hybridized carbons (Fsp3) is 0.833. The number of hydrogen-bond donors (Lipinski definition) is 10. The molecule has 0 aliphatic carbocycles. The molecule has 0 aliphatic heterocycles. The number of aliphatic hydroxyl groups excluding tert-OH is 8. The van der Waals surface area contributed by atoms with Crippen molar-refractivity contribution in [2.24, 2.45) is 0 Å². The molecule has 1 amide bonds. The van der Waals surface area contributed by atoms with Crippen molar-refractivity contribution >= 4 is 5.91 Å². The zero-order chi connectivity index (χ0) is 22.4. The van der Waals surface area contributed by atoms with Crippen LogP contribution in [-0.2, 0) is 4.79 Å². The molecule has 6 unspecified atom stereocenters. The molecule has 0 fully saturated rings. The summed E-state index contributed by atoms with van der Waals surface area (Å²) in [5.41, 5.74) is 0.517. The van der Waals surface area contributed by atoms with Gasteiger partial charge in [-0.2, -0.15) is 0 Å². The molecule has 0 aromatic carbocycles. The summed E-state index contributed by atoms with van der Waals surface area (Å²) in [6.45, 7) is 2.78. The summed E-state index contributed by atoms with van der Waals surface area (Å²) in [6, 6.07) is 0. The van der Waals surface area contributed by atoms with Crippen molar-refractivity contribution in [3.63, 3.8) is 0 Å². The zero-order valence-corrected chi connectivity index (χ0v) is 16.5. The van der Waals surface area contributed by atoms with Gasteiger partial charge in [0, 0.05) is 38.4 Å². The summed E-state index contributed by atoms with van der Waals surface area (Å²) >= 11 is 0. The average Bonchev–Trinajstić information content (AvgIpc) is 2.69. The number of hydrogen-bond acceptors (Lipinski definition) is 10. The number of rotatable bonds is 17. The minimum Gasteiger partial charge on any atom is -0.396 e. The first kappa shape index (κ1) is 27.7. The van der Waals surface area contributed by atoms with Crippen molar-refractivity contribution in [2.75, 3.05) is 26.3 Å². The Balaban J connectivity index is 3.99. The van der Waals surface area contributed by atoms with E-state index in [1.807, 2.05) is 0 Å². The zero-order valence-electron chi connectivity index (χ0n) is 16.5. The van der Waals surface area contributed by atoms with Crippen LogP contribution in [0.3, 0.4) is 0 Å². The third kappa shape index (κ3) is 12.1. The van der Waals surface area contributed by atoms with Gasteiger partial charge in [0.05, 0.1) is 24.4 Å². The van der Waals surface area contributed by atoms with Gasteiger partial charge >= 0.3 is 0 Å². The van der Waals surface area contributed by atoms with Crippen LogP contribution >= 0.6 is 0 Å². The number of carbonyl (C=O) groups excluding carboxylic acids is 1. The van der Waals surface area contributed by atoms with Crippen LogP contribution in [0.4, 0.5) is 0 Å². The monoisotopic (exact) mass is 424 g/mol. The van der Waals surface area contributed by atoms with Gasteiger partial charge in [0.15, 0.2) is 0 Å². The van der Waals surface area contributed by atoms with Crippen LogP contribution in [0, 0.1) is 0 Å². The summed E-state index contributed by atoms with van der Waals surface area (Å²) in [5, 5.41) is 80.4. The average molecular weight is 424 g/mol. The molecule has 0 aromatic rings. The van der Waals surface area contributed by atoms with E-state index in [9.17, 15) is 35.4 Å². The van der Waals surface area contributed by atoms with Gasteiger partial charge in [0.1, 0.15) is 12.2 Å². The Morgan fingerprint density at radius 3 is 1.62 bits per heavy atom. The summed E-state index contributed by atoms with van der Waals surface area (Å²) in [7, 11) is 0. The maximum Gasteiger partial charge on any atom is 0.220 e. The van der Waals surface area contributed by atoms with Crippen LogP contribution < -0.4 is 10.6 Å². The van der Waals surface area contributed by atoms with E-state index in [1.165, 1.54) is 0 Å². The van der Waals surface area contributed by atoms with Crippen LogP contribution in [0.25, 0.3) is 0 Å². The summed E-state index contributed by atoms with van der Waals surface area (Å²) in [5.74, 6) is -0.372. The van der Waals surface area contributed by atoms with Gasteiger partial charge in [0.2, 0.25) is 5.91 Å². The molecule has 172 valence electrons. The Kier molecular flexibility index (Phi) is 14.8. The summed E-state index contributed by atoms with van der Waals surface area (Å²) in [4.78, 5) is 11.8. The van der Waals surface area contributed by atoms with Gasteiger partial charge in [-0.25, -0.2) is 0 Å². The lowest BCUT2D eigenvalue weighted by molar-refractivity contribution is -0.122. The first-order valence-corrected chi connectivity index (χ1v) is 9.62. The molecule has 29 heavy (non-hydrogen) atoms. The molecule has 0 radical (unpaired) electrons. The van der Waals surface area contributed by atoms with Crippen molar-refractivity contribution in [3.8, 4) is 0 Å². The van der Waals surface area contributed by atoms with E-state index < -0.39 is 36.6 Å². The first-order valence-electron chi connectivity index (χ1n) is 9.62. The molecule has 0 rings (SSSR count). The number of carbonyl (C=O) groups is 1. The highest BCUT2D eigenvalue weighted by atomic mass is 16.4. The molecule has 6 atom stereocenters. The van der Waals surface area contributed by atoms with Crippen molar-refractivity contribution < 1.29 is 45.6 Å². The molecule has 0 saturated carbocycles. The molecule has 11 heteroatoms. The molecule has 0 aromatic heterocycles. The van der Waals surface area contributed by atoms with E-state index in [2.05, 4.69) is 17.2 Å². The Morgan fingerprint density at radius 1 is 0.724 bits per heavy atom. The molecule has 0 heterocycles. The Labute approximate surface area is 170 Å². The quantitative estimate of drug-likeness (QED) is 0.111. The van der Waals surface area contributed by atoms with Gasteiger partial charge in [-0.3, -0.25) is 4.79 Å². The van der Waals surface area contributed by atoms with Crippen molar-refractivity contribution in [2.45, 2.75) is 68.7 Å². The van der Waals surface area contributed by atoms with Crippen LogP contribution in [0.5, 0.6) is 0 Å². The molecule has 0 aliphatic rings. The minimum absolute atomic E-state index is 0.0552. The van der Waals surface area contributed by atoms with Gasteiger partial charge in [-0.15, -0.1) is 0 Å². The Morgan fingerprint density at radius 2 is 1.17 bits per heavy atom. The fourth-order valence-electron chi connectivity index (χ4n) is 2.47. The number of allylic oxidation sites excluding steroid dienone is 1. The van der Waals surface area contributed by atoms with Crippen molar-refractivity contribution in [1.82, 2.24) is 10.6 Å². The minimum atomic E-state index is -1.48. The Bertz CT molecular complexity index is 427. The van der Waals surface area contributed by atoms with E-state index in [-0.39, 0.29) is 51.5 Å². The van der Waals surface area contributed by atoms with Gasteiger partial charge in [0.25, 0.3) is 0 Å². The molecular formula is C18H36N2O9. The van der Waals surface area contributed by atoms with Crippen LogP contribution in [0.2, 0.25) is 0 Å². The highest BCUT2D eigenvalue weighted by Gasteiger charge is 2.25. The van der Waals surface area contributed by atoms with Crippen LogP contribution in [0.15, 0.2) is 12.3 Å².